The summed E-state index contributed by atoms with van der Waals surface area (Å²) in [5.41, 5.74) is 2.76. The molecule has 0 aliphatic carbocycles. The van der Waals surface area contributed by atoms with Crippen LogP contribution in [0, 0.1) is 0 Å². The van der Waals surface area contributed by atoms with Gasteiger partial charge in [0.25, 0.3) is 8.41 Å². The van der Waals surface area contributed by atoms with Crippen molar-refractivity contribution in [2.24, 2.45) is 0 Å². The Labute approximate surface area is 73.9 Å². The van der Waals surface area contributed by atoms with Crippen molar-refractivity contribution in [3.63, 3.8) is 0 Å². The van der Waals surface area contributed by atoms with E-state index in [2.05, 4.69) is 0 Å². The van der Waals surface area contributed by atoms with Crippen molar-refractivity contribution in [1.82, 2.24) is 0 Å². The van der Waals surface area contributed by atoms with Crippen molar-refractivity contribution < 1.29 is 4.11 Å². The fourth-order valence-electron chi connectivity index (χ4n) is 0.859. The zero-order valence-electron chi connectivity index (χ0n) is 7.42. The molecule has 0 aromatic heterocycles. The average molecular weight is 180 g/mol. The third-order valence-electron chi connectivity index (χ3n) is 1.47. The van der Waals surface area contributed by atoms with Crippen LogP contribution in [0.1, 0.15) is 5.56 Å². The largest absolute Gasteiger partial charge is 0.309 e. The summed E-state index contributed by atoms with van der Waals surface area (Å²) in [4.78, 5) is 0. The zero-order valence-corrected chi connectivity index (χ0v) is 8.42. The third-order valence-corrected chi connectivity index (χ3v) is 2.43. The van der Waals surface area contributed by atoms with E-state index in [1.165, 1.54) is 0 Å². The van der Waals surface area contributed by atoms with Gasteiger partial charge in [0.15, 0.2) is 0 Å². The number of rotatable bonds is 2. The molecule has 0 aliphatic heterocycles. The summed E-state index contributed by atoms with van der Waals surface area (Å²) in [6, 6.07) is 9.79. The van der Waals surface area contributed by atoms with Gasteiger partial charge in [-0.1, -0.05) is 42.1 Å². The summed E-state index contributed by atoms with van der Waals surface area (Å²) in [6.07, 6.45) is 1.85. The van der Waals surface area contributed by atoms with Gasteiger partial charge in [0.2, 0.25) is 0 Å². The second kappa shape index (κ2) is 3.67. The van der Waals surface area contributed by atoms with E-state index < -0.39 is 8.41 Å². The summed E-state index contributed by atoms with van der Waals surface area (Å²) >= 11 is 0. The number of benzene rings is 1. The number of halogens is 1. The monoisotopic (exact) mass is 180 g/mol. The van der Waals surface area contributed by atoms with Gasteiger partial charge in [0, 0.05) is 0 Å². The highest BCUT2D eigenvalue weighted by molar-refractivity contribution is 6.76. The van der Waals surface area contributed by atoms with Crippen LogP contribution < -0.4 is 0 Å². The van der Waals surface area contributed by atoms with Crippen molar-refractivity contribution >= 4 is 14.5 Å². The van der Waals surface area contributed by atoms with E-state index in [0.717, 1.165) is 5.56 Å². The van der Waals surface area contributed by atoms with Crippen LogP contribution in [0.25, 0.3) is 6.08 Å². The van der Waals surface area contributed by atoms with E-state index in [9.17, 15) is 4.11 Å². The van der Waals surface area contributed by atoms with Crippen LogP contribution in [0.2, 0.25) is 13.1 Å². The van der Waals surface area contributed by atoms with Gasteiger partial charge in [-0.05, 0) is 18.7 Å². The molecule has 0 N–H and O–H groups in total. The highest BCUT2D eigenvalue weighted by atomic mass is 28.4. The first-order valence-corrected chi connectivity index (χ1v) is 6.97. The molecule has 0 nitrogen and oxygen atoms in total. The molecule has 0 aliphatic rings. The first-order chi connectivity index (χ1) is 5.58. The third kappa shape index (κ3) is 3.48. The Kier molecular flexibility index (Phi) is 2.81. The van der Waals surface area contributed by atoms with Gasteiger partial charge in [-0.25, -0.2) is 0 Å². The minimum Gasteiger partial charge on any atom is -0.309 e. The van der Waals surface area contributed by atoms with Crippen LogP contribution in [0.15, 0.2) is 36.0 Å². The lowest BCUT2D eigenvalue weighted by Gasteiger charge is -2.02. The topological polar surface area (TPSA) is 0 Å². The highest BCUT2D eigenvalue weighted by Crippen LogP contribution is 2.08. The molecular formula is C10H13FSi. The number of hydrogen-bond acceptors (Lipinski definition) is 0. The summed E-state index contributed by atoms with van der Waals surface area (Å²) in [7, 11) is -2.52. The molecule has 12 heavy (non-hydrogen) atoms. The lowest BCUT2D eigenvalue weighted by atomic mass is 10.2. The first-order valence-electron chi connectivity index (χ1n) is 4.01. The maximum atomic E-state index is 13.1. The van der Waals surface area contributed by atoms with Crippen LogP contribution in [0.5, 0.6) is 0 Å². The molecule has 0 bridgehead atoms. The molecule has 0 unspecified atom stereocenters. The van der Waals surface area contributed by atoms with Gasteiger partial charge >= 0.3 is 0 Å². The minimum absolute atomic E-state index is 1.07. The molecule has 1 aromatic rings. The summed E-state index contributed by atoms with van der Waals surface area (Å²) in [6.45, 7) is 3.35. The normalized spacial score (nSPS) is 12.2. The van der Waals surface area contributed by atoms with E-state index in [1.54, 1.807) is 18.8 Å². The molecule has 1 rings (SSSR count). The fraction of sp³-hybridized carbons (Fsp3) is 0.200. The van der Waals surface area contributed by atoms with Crippen LogP contribution in [-0.2, 0) is 0 Å². The summed E-state index contributed by atoms with van der Waals surface area (Å²) in [5.74, 6) is 0. The molecule has 0 saturated heterocycles. The Hall–Kier alpha value is -0.893. The predicted molar refractivity (Wildman–Crippen MR) is 54.1 cm³/mol. The average Bonchev–Trinajstić information content (AvgIpc) is 2.02. The maximum Gasteiger partial charge on any atom is 0.264 e. The van der Waals surface area contributed by atoms with Gasteiger partial charge in [-0.2, -0.15) is 0 Å². The van der Waals surface area contributed by atoms with E-state index >= 15 is 0 Å². The van der Waals surface area contributed by atoms with Crippen molar-refractivity contribution in [2.45, 2.75) is 13.1 Å². The van der Waals surface area contributed by atoms with Gasteiger partial charge in [-0.15, -0.1) is 0 Å². The Morgan fingerprint density at radius 2 is 1.75 bits per heavy atom. The minimum atomic E-state index is -2.52. The number of hydrogen-bond donors (Lipinski definition) is 0. The van der Waals surface area contributed by atoms with Crippen LogP contribution in [0.4, 0.5) is 4.11 Å². The predicted octanol–water partition coefficient (Wildman–Crippen LogP) is 3.41. The van der Waals surface area contributed by atoms with E-state index in [4.69, 9.17) is 0 Å². The first kappa shape index (κ1) is 9.20. The molecule has 0 amide bonds. The summed E-state index contributed by atoms with van der Waals surface area (Å²) < 4.78 is 13.1. The van der Waals surface area contributed by atoms with Gasteiger partial charge in [0.1, 0.15) is 0 Å². The second-order valence-electron chi connectivity index (χ2n) is 3.31. The smallest absolute Gasteiger partial charge is 0.264 e. The van der Waals surface area contributed by atoms with Crippen LogP contribution in [0.3, 0.4) is 0 Å². The van der Waals surface area contributed by atoms with Gasteiger partial charge in [0.05, 0.1) is 0 Å². The Morgan fingerprint density at radius 1 is 1.17 bits per heavy atom. The standard InChI is InChI=1S/C10H13FSi/c1-12(2,11)9-8-10-6-4-3-5-7-10/h3-9H,1-2H3/b9-8+. The van der Waals surface area contributed by atoms with E-state index in [-0.39, 0.29) is 0 Å². The van der Waals surface area contributed by atoms with Gasteiger partial charge in [-0.3, -0.25) is 0 Å². The quantitative estimate of drug-likeness (QED) is 0.483. The highest BCUT2D eigenvalue weighted by Gasteiger charge is 2.14. The molecule has 0 radical (unpaired) electrons. The molecule has 64 valence electrons. The zero-order chi connectivity index (χ0) is 9.03. The van der Waals surface area contributed by atoms with Crippen molar-refractivity contribution in [1.29, 1.82) is 0 Å². The molecule has 0 saturated carbocycles. The van der Waals surface area contributed by atoms with Crippen molar-refractivity contribution in [3.8, 4) is 0 Å². The molecule has 0 atom stereocenters. The lowest BCUT2D eigenvalue weighted by Crippen LogP contribution is -2.13. The van der Waals surface area contributed by atoms with E-state index in [1.807, 2.05) is 36.4 Å². The fourth-order valence-corrected chi connectivity index (χ4v) is 1.45. The van der Waals surface area contributed by atoms with Crippen LogP contribution >= 0.6 is 0 Å². The van der Waals surface area contributed by atoms with E-state index in [0.29, 0.717) is 0 Å². The summed E-state index contributed by atoms with van der Waals surface area (Å²) in [5, 5.41) is 0. The van der Waals surface area contributed by atoms with Crippen LogP contribution in [-0.4, -0.2) is 8.41 Å². The molecule has 0 heterocycles. The van der Waals surface area contributed by atoms with Crippen molar-refractivity contribution in [2.75, 3.05) is 0 Å². The Balaban J connectivity index is 2.71. The SMILES string of the molecule is C[Si](C)(F)/C=C/c1ccccc1. The van der Waals surface area contributed by atoms with Crippen molar-refractivity contribution in [3.05, 3.63) is 41.6 Å². The molecule has 0 spiro atoms. The molecular weight excluding hydrogens is 167 g/mol. The maximum absolute atomic E-state index is 13.1. The molecule has 1 aromatic carbocycles. The second-order valence-corrected chi connectivity index (χ2v) is 6.77. The Bertz CT molecular complexity index is 259. The lowest BCUT2D eigenvalue weighted by molar-refractivity contribution is 0.821. The molecule has 0 fully saturated rings. The Morgan fingerprint density at radius 3 is 2.25 bits per heavy atom. The van der Waals surface area contributed by atoms with Gasteiger partial charge < -0.3 is 4.11 Å². The molecule has 2 heteroatoms.